The van der Waals surface area contributed by atoms with Crippen LogP contribution in [0.3, 0.4) is 0 Å². The molecule has 6 nitrogen and oxygen atoms in total. The summed E-state index contributed by atoms with van der Waals surface area (Å²) >= 11 is 0. The van der Waals surface area contributed by atoms with Crippen LogP contribution >= 0.6 is 0 Å². The van der Waals surface area contributed by atoms with Gasteiger partial charge in [0.15, 0.2) is 0 Å². The van der Waals surface area contributed by atoms with Crippen LogP contribution in [0.25, 0.3) is 0 Å². The van der Waals surface area contributed by atoms with Crippen LogP contribution in [0, 0.1) is 11.3 Å². The Bertz CT molecular complexity index is 576. The molecule has 96 valence electrons. The molecule has 2 aromatic rings. The Morgan fingerprint density at radius 1 is 1.26 bits per heavy atom. The maximum atomic E-state index is 8.70. The summed E-state index contributed by atoms with van der Waals surface area (Å²) in [6.07, 6.45) is 1.54. The van der Waals surface area contributed by atoms with Crippen LogP contribution in [0.5, 0.6) is 5.75 Å². The number of anilines is 2. The Balaban J connectivity index is 1.77. The average Bonchev–Trinajstić information content (AvgIpc) is 2.46. The molecular weight excluding hydrogens is 242 g/mol. The smallest absolute Gasteiger partial charge is 0.224 e. The molecule has 6 heteroatoms. The molecule has 0 saturated heterocycles. The van der Waals surface area contributed by atoms with E-state index in [-0.39, 0.29) is 0 Å². The normalized spacial score (nSPS) is 9.63. The van der Waals surface area contributed by atoms with Gasteiger partial charge in [0.1, 0.15) is 24.1 Å². The molecule has 2 rings (SSSR count). The van der Waals surface area contributed by atoms with Crippen LogP contribution in [0.4, 0.5) is 11.6 Å². The van der Waals surface area contributed by atoms with E-state index in [4.69, 9.17) is 15.7 Å². The summed E-state index contributed by atoms with van der Waals surface area (Å²) in [5.41, 5.74) is 6.61. The van der Waals surface area contributed by atoms with Crippen molar-refractivity contribution < 1.29 is 4.74 Å². The number of ether oxygens (including phenoxy) is 1. The number of nitriles is 1. The standard InChI is InChI=1S/C13H13N5O/c14-9-11-5-6-16-13(18-11)17-7-8-19-12-3-1-10(15)2-4-12/h1-6H,7-8,15H2,(H,16,17,18). The summed E-state index contributed by atoms with van der Waals surface area (Å²) in [5.74, 6) is 1.17. The Morgan fingerprint density at radius 2 is 2.05 bits per heavy atom. The van der Waals surface area contributed by atoms with Gasteiger partial charge in [-0.1, -0.05) is 0 Å². The predicted octanol–water partition coefficient (Wildman–Crippen LogP) is 1.42. The van der Waals surface area contributed by atoms with Gasteiger partial charge in [0.25, 0.3) is 0 Å². The number of aromatic nitrogens is 2. The van der Waals surface area contributed by atoms with Crippen LogP contribution in [-0.2, 0) is 0 Å². The largest absolute Gasteiger partial charge is 0.492 e. The van der Waals surface area contributed by atoms with Crippen molar-refractivity contribution in [3.63, 3.8) is 0 Å². The van der Waals surface area contributed by atoms with E-state index < -0.39 is 0 Å². The minimum Gasteiger partial charge on any atom is -0.492 e. The number of hydrogen-bond donors (Lipinski definition) is 2. The van der Waals surface area contributed by atoms with Gasteiger partial charge in [-0.3, -0.25) is 0 Å². The van der Waals surface area contributed by atoms with E-state index >= 15 is 0 Å². The third kappa shape index (κ3) is 3.85. The van der Waals surface area contributed by atoms with Crippen molar-refractivity contribution in [2.24, 2.45) is 0 Å². The zero-order chi connectivity index (χ0) is 13.5. The minimum atomic E-state index is 0.331. The van der Waals surface area contributed by atoms with E-state index in [9.17, 15) is 0 Å². The molecule has 0 bridgehead atoms. The van der Waals surface area contributed by atoms with Gasteiger partial charge in [-0.05, 0) is 30.3 Å². The van der Waals surface area contributed by atoms with E-state index in [0.717, 1.165) is 5.75 Å². The van der Waals surface area contributed by atoms with Crippen molar-refractivity contribution in [3.05, 3.63) is 42.2 Å². The van der Waals surface area contributed by atoms with Crippen LogP contribution in [0.15, 0.2) is 36.5 Å². The minimum absolute atomic E-state index is 0.331. The van der Waals surface area contributed by atoms with E-state index in [1.807, 2.05) is 18.2 Å². The van der Waals surface area contributed by atoms with Gasteiger partial charge < -0.3 is 15.8 Å². The second kappa shape index (κ2) is 6.21. The molecule has 0 aliphatic rings. The van der Waals surface area contributed by atoms with Crippen LogP contribution < -0.4 is 15.8 Å². The number of rotatable bonds is 5. The highest BCUT2D eigenvalue weighted by Gasteiger charge is 1.98. The van der Waals surface area contributed by atoms with Crippen molar-refractivity contribution in [2.45, 2.75) is 0 Å². The summed E-state index contributed by atoms with van der Waals surface area (Å²) < 4.78 is 5.50. The lowest BCUT2D eigenvalue weighted by Gasteiger charge is -2.07. The van der Waals surface area contributed by atoms with Crippen molar-refractivity contribution in [1.29, 1.82) is 5.26 Å². The summed E-state index contributed by atoms with van der Waals surface area (Å²) in [6, 6.07) is 10.7. The zero-order valence-corrected chi connectivity index (χ0v) is 10.2. The van der Waals surface area contributed by atoms with Crippen molar-refractivity contribution in [1.82, 2.24) is 9.97 Å². The van der Waals surface area contributed by atoms with Crippen LogP contribution in [0.2, 0.25) is 0 Å². The van der Waals surface area contributed by atoms with Crippen LogP contribution in [-0.4, -0.2) is 23.1 Å². The van der Waals surface area contributed by atoms with Gasteiger partial charge >= 0.3 is 0 Å². The summed E-state index contributed by atoms with van der Waals surface area (Å²) in [6.45, 7) is 1.00. The molecule has 19 heavy (non-hydrogen) atoms. The van der Waals surface area contributed by atoms with E-state index in [0.29, 0.717) is 30.5 Å². The fraction of sp³-hybridized carbons (Fsp3) is 0.154. The Morgan fingerprint density at radius 3 is 2.79 bits per heavy atom. The first-order valence-corrected chi connectivity index (χ1v) is 5.73. The van der Waals surface area contributed by atoms with Gasteiger partial charge in [0.05, 0.1) is 6.54 Å². The first-order valence-electron chi connectivity index (χ1n) is 5.73. The van der Waals surface area contributed by atoms with E-state index in [2.05, 4.69) is 15.3 Å². The number of nitrogens with one attached hydrogen (secondary N) is 1. The van der Waals surface area contributed by atoms with E-state index in [1.165, 1.54) is 6.20 Å². The Labute approximate surface area is 110 Å². The molecule has 0 atom stereocenters. The maximum absolute atomic E-state index is 8.70. The second-order valence-electron chi connectivity index (χ2n) is 3.72. The highest BCUT2D eigenvalue weighted by molar-refractivity contribution is 5.41. The molecule has 0 saturated carbocycles. The average molecular weight is 255 g/mol. The summed E-state index contributed by atoms with van der Waals surface area (Å²) in [7, 11) is 0. The fourth-order valence-electron chi connectivity index (χ4n) is 1.40. The van der Waals surface area contributed by atoms with Gasteiger partial charge in [0.2, 0.25) is 5.95 Å². The third-order valence-corrected chi connectivity index (χ3v) is 2.30. The first-order chi connectivity index (χ1) is 9.28. The molecule has 0 radical (unpaired) electrons. The molecule has 1 aromatic carbocycles. The highest BCUT2D eigenvalue weighted by atomic mass is 16.5. The van der Waals surface area contributed by atoms with Crippen molar-refractivity contribution in [3.8, 4) is 11.8 Å². The quantitative estimate of drug-likeness (QED) is 0.619. The van der Waals surface area contributed by atoms with Gasteiger partial charge in [-0.25, -0.2) is 9.97 Å². The Hall–Kier alpha value is -2.81. The number of nitrogens with zero attached hydrogens (tertiary/aromatic N) is 3. The van der Waals surface area contributed by atoms with Crippen LogP contribution in [0.1, 0.15) is 5.69 Å². The number of nitrogens with two attached hydrogens (primary N) is 1. The number of hydrogen-bond acceptors (Lipinski definition) is 6. The monoisotopic (exact) mass is 255 g/mol. The maximum Gasteiger partial charge on any atom is 0.224 e. The molecule has 0 aliphatic carbocycles. The molecule has 1 heterocycles. The molecular formula is C13H13N5O. The second-order valence-corrected chi connectivity index (χ2v) is 3.72. The molecule has 0 unspecified atom stereocenters. The predicted molar refractivity (Wildman–Crippen MR) is 71.6 cm³/mol. The lowest BCUT2D eigenvalue weighted by Crippen LogP contribution is -2.13. The van der Waals surface area contributed by atoms with Gasteiger partial charge in [-0.2, -0.15) is 5.26 Å². The molecule has 0 amide bonds. The molecule has 0 aliphatic heterocycles. The van der Waals surface area contributed by atoms with Crippen molar-refractivity contribution >= 4 is 11.6 Å². The lowest BCUT2D eigenvalue weighted by molar-refractivity contribution is 0.332. The molecule has 0 fully saturated rings. The highest BCUT2D eigenvalue weighted by Crippen LogP contribution is 2.12. The lowest BCUT2D eigenvalue weighted by atomic mass is 10.3. The third-order valence-electron chi connectivity index (χ3n) is 2.30. The molecule has 1 aromatic heterocycles. The SMILES string of the molecule is N#Cc1ccnc(NCCOc2ccc(N)cc2)n1. The van der Waals surface area contributed by atoms with Gasteiger partial charge in [-0.15, -0.1) is 0 Å². The Kier molecular flexibility index (Phi) is 4.13. The number of nitrogen functional groups attached to an aromatic ring is 1. The molecule has 0 spiro atoms. The summed E-state index contributed by atoms with van der Waals surface area (Å²) in [5, 5.41) is 11.7. The summed E-state index contributed by atoms with van der Waals surface area (Å²) in [4.78, 5) is 7.99. The first kappa shape index (κ1) is 12.6. The zero-order valence-electron chi connectivity index (χ0n) is 10.2. The molecule has 3 N–H and O–H groups in total. The fourth-order valence-corrected chi connectivity index (χ4v) is 1.40. The number of benzene rings is 1. The topological polar surface area (TPSA) is 96.8 Å². The van der Waals surface area contributed by atoms with Gasteiger partial charge in [0, 0.05) is 11.9 Å². The van der Waals surface area contributed by atoms with E-state index in [1.54, 1.807) is 18.2 Å². The van der Waals surface area contributed by atoms with Crippen molar-refractivity contribution in [2.75, 3.05) is 24.2 Å².